The number of halogens is 3. The van der Waals surface area contributed by atoms with Crippen LogP contribution in [0.3, 0.4) is 0 Å². The van der Waals surface area contributed by atoms with Crippen molar-refractivity contribution >= 4 is 40.5 Å². The van der Waals surface area contributed by atoms with E-state index in [2.05, 4.69) is 18.3 Å². The average Bonchev–Trinajstić information content (AvgIpc) is 2.62. The van der Waals surface area contributed by atoms with Gasteiger partial charge in [-0.25, -0.2) is 0 Å². The van der Waals surface area contributed by atoms with Crippen LogP contribution in [0.2, 0.25) is 15.1 Å². The van der Waals surface area contributed by atoms with Gasteiger partial charge < -0.3 is 10.1 Å². The Balaban J connectivity index is 1.70. The van der Waals surface area contributed by atoms with Crippen LogP contribution in [0.5, 0.6) is 5.75 Å². The summed E-state index contributed by atoms with van der Waals surface area (Å²) in [6.07, 6.45) is 0. The van der Waals surface area contributed by atoms with Gasteiger partial charge in [-0.05, 0) is 42.3 Å². The SMILES string of the molecule is Cc1ccccc1NCc1cc(Cl)c(OCc2ccccc2Cl)c(Cl)c1. The molecule has 26 heavy (non-hydrogen) atoms. The van der Waals surface area contributed by atoms with Gasteiger partial charge in [0.05, 0.1) is 10.0 Å². The monoisotopic (exact) mass is 405 g/mol. The fourth-order valence-corrected chi connectivity index (χ4v) is 3.42. The first-order valence-electron chi connectivity index (χ1n) is 8.18. The average molecular weight is 407 g/mol. The summed E-state index contributed by atoms with van der Waals surface area (Å²) in [5.74, 6) is 0.466. The molecule has 0 amide bonds. The molecule has 0 fully saturated rings. The lowest BCUT2D eigenvalue weighted by Crippen LogP contribution is -2.02. The zero-order valence-corrected chi connectivity index (χ0v) is 16.5. The van der Waals surface area contributed by atoms with Crippen LogP contribution in [0.4, 0.5) is 5.69 Å². The second-order valence-electron chi connectivity index (χ2n) is 5.94. The number of anilines is 1. The van der Waals surface area contributed by atoms with Crippen molar-refractivity contribution in [2.24, 2.45) is 0 Å². The van der Waals surface area contributed by atoms with E-state index in [0.717, 1.165) is 16.8 Å². The highest BCUT2D eigenvalue weighted by molar-refractivity contribution is 6.37. The zero-order valence-electron chi connectivity index (χ0n) is 14.2. The van der Waals surface area contributed by atoms with Gasteiger partial charge in [0.25, 0.3) is 0 Å². The van der Waals surface area contributed by atoms with Gasteiger partial charge >= 0.3 is 0 Å². The summed E-state index contributed by atoms with van der Waals surface area (Å²) in [7, 11) is 0. The van der Waals surface area contributed by atoms with Crippen LogP contribution in [0.1, 0.15) is 16.7 Å². The lowest BCUT2D eigenvalue weighted by molar-refractivity contribution is 0.306. The Labute approximate surface area is 168 Å². The minimum Gasteiger partial charge on any atom is -0.486 e. The smallest absolute Gasteiger partial charge is 0.156 e. The third kappa shape index (κ3) is 4.64. The maximum absolute atomic E-state index is 6.38. The second-order valence-corrected chi connectivity index (χ2v) is 7.16. The molecule has 0 aliphatic heterocycles. The van der Waals surface area contributed by atoms with Gasteiger partial charge in [0.15, 0.2) is 5.75 Å². The van der Waals surface area contributed by atoms with Crippen molar-refractivity contribution in [1.29, 1.82) is 0 Å². The molecule has 5 heteroatoms. The molecule has 2 nitrogen and oxygen atoms in total. The number of para-hydroxylation sites is 1. The van der Waals surface area contributed by atoms with Gasteiger partial charge in [-0.1, -0.05) is 71.2 Å². The highest BCUT2D eigenvalue weighted by Gasteiger charge is 2.11. The largest absolute Gasteiger partial charge is 0.486 e. The lowest BCUT2D eigenvalue weighted by Gasteiger charge is -2.14. The summed E-state index contributed by atoms with van der Waals surface area (Å²) in [6.45, 7) is 2.99. The maximum atomic E-state index is 6.38. The van der Waals surface area contributed by atoms with Crippen LogP contribution in [0.25, 0.3) is 0 Å². The number of ether oxygens (including phenoxy) is 1. The van der Waals surface area contributed by atoms with E-state index in [4.69, 9.17) is 39.5 Å². The number of benzene rings is 3. The summed E-state index contributed by atoms with van der Waals surface area (Å²) in [6, 6.07) is 19.4. The number of hydrogen-bond acceptors (Lipinski definition) is 2. The predicted octanol–water partition coefficient (Wildman–Crippen LogP) is 7.15. The fraction of sp³-hybridized carbons (Fsp3) is 0.143. The topological polar surface area (TPSA) is 21.3 Å². The van der Waals surface area contributed by atoms with E-state index in [1.165, 1.54) is 5.56 Å². The van der Waals surface area contributed by atoms with Crippen LogP contribution >= 0.6 is 34.8 Å². The summed E-state index contributed by atoms with van der Waals surface area (Å²) in [5.41, 5.74) is 4.13. The van der Waals surface area contributed by atoms with Crippen LogP contribution in [-0.2, 0) is 13.2 Å². The van der Waals surface area contributed by atoms with Crippen molar-refractivity contribution < 1.29 is 4.74 Å². The third-order valence-electron chi connectivity index (χ3n) is 4.02. The molecule has 0 unspecified atom stereocenters. The molecule has 3 rings (SSSR count). The molecule has 0 aliphatic rings. The molecule has 0 saturated carbocycles. The van der Waals surface area contributed by atoms with E-state index in [1.807, 2.05) is 54.6 Å². The summed E-state index contributed by atoms with van der Waals surface area (Å²) >= 11 is 18.9. The van der Waals surface area contributed by atoms with Crippen molar-refractivity contribution in [3.63, 3.8) is 0 Å². The van der Waals surface area contributed by atoms with Crippen LogP contribution in [0.15, 0.2) is 60.7 Å². The van der Waals surface area contributed by atoms with Crippen molar-refractivity contribution in [2.75, 3.05) is 5.32 Å². The third-order valence-corrected chi connectivity index (χ3v) is 4.95. The quantitative estimate of drug-likeness (QED) is 0.469. The van der Waals surface area contributed by atoms with E-state index in [-0.39, 0.29) is 0 Å². The minimum atomic E-state index is 0.305. The van der Waals surface area contributed by atoms with E-state index >= 15 is 0 Å². The number of rotatable bonds is 6. The minimum absolute atomic E-state index is 0.305. The standard InChI is InChI=1S/C21H18Cl3NO/c1-14-6-2-5-9-20(14)25-12-15-10-18(23)21(19(24)11-15)26-13-16-7-3-4-8-17(16)22/h2-11,25H,12-13H2,1H3. The van der Waals surface area contributed by atoms with Gasteiger partial charge in [0.1, 0.15) is 6.61 Å². The first kappa shape index (κ1) is 18.9. The van der Waals surface area contributed by atoms with E-state index in [0.29, 0.717) is 34.0 Å². The molecule has 3 aromatic carbocycles. The van der Waals surface area contributed by atoms with Crippen molar-refractivity contribution in [1.82, 2.24) is 0 Å². The molecule has 3 aromatic rings. The lowest BCUT2D eigenvalue weighted by atomic mass is 10.1. The van der Waals surface area contributed by atoms with E-state index < -0.39 is 0 Å². The molecular weight excluding hydrogens is 389 g/mol. The molecule has 0 heterocycles. The van der Waals surface area contributed by atoms with Crippen molar-refractivity contribution in [3.05, 3.63) is 92.4 Å². The Kier molecular flexibility index (Phi) is 6.31. The first-order valence-corrected chi connectivity index (χ1v) is 9.31. The van der Waals surface area contributed by atoms with E-state index in [9.17, 15) is 0 Å². The van der Waals surface area contributed by atoms with Crippen molar-refractivity contribution in [2.45, 2.75) is 20.1 Å². The maximum Gasteiger partial charge on any atom is 0.156 e. The first-order chi connectivity index (χ1) is 12.5. The summed E-state index contributed by atoms with van der Waals surface area (Å²) < 4.78 is 5.80. The predicted molar refractivity (Wildman–Crippen MR) is 111 cm³/mol. The zero-order chi connectivity index (χ0) is 18.5. The molecular formula is C21H18Cl3NO. The van der Waals surface area contributed by atoms with Gasteiger partial charge in [-0.15, -0.1) is 0 Å². The van der Waals surface area contributed by atoms with Gasteiger partial charge in [-0.2, -0.15) is 0 Å². The Morgan fingerprint density at radius 2 is 1.50 bits per heavy atom. The van der Waals surface area contributed by atoms with Gasteiger partial charge in [0, 0.05) is 22.8 Å². The van der Waals surface area contributed by atoms with Gasteiger partial charge in [0.2, 0.25) is 0 Å². The summed E-state index contributed by atoms with van der Waals surface area (Å²) in [4.78, 5) is 0. The molecule has 0 atom stereocenters. The molecule has 0 spiro atoms. The Bertz CT molecular complexity index is 888. The van der Waals surface area contributed by atoms with Crippen LogP contribution < -0.4 is 10.1 Å². The molecule has 134 valence electrons. The fourth-order valence-electron chi connectivity index (χ4n) is 2.59. The van der Waals surface area contributed by atoms with E-state index in [1.54, 1.807) is 0 Å². The molecule has 0 aromatic heterocycles. The second kappa shape index (κ2) is 8.68. The van der Waals surface area contributed by atoms with Crippen LogP contribution in [-0.4, -0.2) is 0 Å². The van der Waals surface area contributed by atoms with Gasteiger partial charge in [-0.3, -0.25) is 0 Å². The highest BCUT2D eigenvalue weighted by Crippen LogP contribution is 2.35. The van der Waals surface area contributed by atoms with Crippen LogP contribution in [0, 0.1) is 6.92 Å². The highest BCUT2D eigenvalue weighted by atomic mass is 35.5. The molecule has 0 aliphatic carbocycles. The number of nitrogens with one attached hydrogen (secondary N) is 1. The molecule has 1 N–H and O–H groups in total. The Morgan fingerprint density at radius 3 is 2.19 bits per heavy atom. The van der Waals surface area contributed by atoms with Crippen molar-refractivity contribution in [3.8, 4) is 5.75 Å². The summed E-state index contributed by atoms with van der Waals surface area (Å²) in [5, 5.41) is 5.00. The molecule has 0 saturated heterocycles. The normalized spacial score (nSPS) is 10.6. The molecule has 0 radical (unpaired) electrons. The number of aryl methyl sites for hydroxylation is 1. The Hall–Kier alpha value is -1.87. The molecule has 0 bridgehead atoms. The Morgan fingerprint density at radius 1 is 0.846 bits per heavy atom. The number of hydrogen-bond donors (Lipinski definition) is 1.